The molecule has 0 unspecified atom stereocenters. The molecule has 1 fully saturated rings. The smallest absolute Gasteiger partial charge is 0.234 e. The van der Waals surface area contributed by atoms with Crippen molar-refractivity contribution in [1.82, 2.24) is 10.6 Å². The normalized spacial score (nSPS) is 21.9. The molecule has 6 heteroatoms. The van der Waals surface area contributed by atoms with Gasteiger partial charge in [-0.2, -0.15) is 0 Å². The largest absolute Gasteiger partial charge is 0.392 e. The highest BCUT2D eigenvalue weighted by Crippen LogP contribution is 2.19. The Morgan fingerprint density at radius 3 is 2.95 bits per heavy atom. The van der Waals surface area contributed by atoms with Crippen LogP contribution in [0.25, 0.3) is 0 Å². The average Bonchev–Trinajstić information content (AvgIpc) is 2.83. The van der Waals surface area contributed by atoms with Crippen LogP contribution >= 0.6 is 11.6 Å². The lowest BCUT2D eigenvalue weighted by Crippen LogP contribution is -2.42. The number of carbonyl (C=O) groups excluding carboxylic acids is 1. The first-order valence-corrected chi connectivity index (χ1v) is 7.06. The molecule has 4 nitrogen and oxygen atoms in total. The lowest BCUT2D eigenvalue weighted by atomic mass is 10.2. The van der Waals surface area contributed by atoms with Gasteiger partial charge in [-0.1, -0.05) is 23.7 Å². The van der Waals surface area contributed by atoms with Crippen LogP contribution in [0.4, 0.5) is 4.39 Å². The molecular weight excluding hydrogens is 283 g/mol. The zero-order valence-corrected chi connectivity index (χ0v) is 11.8. The van der Waals surface area contributed by atoms with E-state index < -0.39 is 5.82 Å². The zero-order chi connectivity index (χ0) is 14.5. The van der Waals surface area contributed by atoms with E-state index in [-0.39, 0.29) is 36.2 Å². The summed E-state index contributed by atoms with van der Waals surface area (Å²) in [6.45, 7) is 0.212. The van der Waals surface area contributed by atoms with E-state index in [0.717, 1.165) is 19.3 Å². The molecule has 2 rings (SSSR count). The SMILES string of the molecule is O=C(CN[C@H]1CCC[C@@H]1O)NCc1cccc(Cl)c1F. The summed E-state index contributed by atoms with van der Waals surface area (Å²) in [6.07, 6.45) is 2.23. The first-order valence-electron chi connectivity index (χ1n) is 6.69. The predicted octanol–water partition coefficient (Wildman–Crippen LogP) is 1.60. The number of hydrogen-bond acceptors (Lipinski definition) is 3. The summed E-state index contributed by atoms with van der Waals surface area (Å²) < 4.78 is 13.6. The Bertz CT molecular complexity index is 484. The molecule has 0 bridgehead atoms. The highest BCUT2D eigenvalue weighted by atomic mass is 35.5. The molecule has 0 aliphatic heterocycles. The zero-order valence-electron chi connectivity index (χ0n) is 11.0. The average molecular weight is 301 g/mol. The number of halogens is 2. The Labute approximate surface area is 122 Å². The predicted molar refractivity (Wildman–Crippen MR) is 74.9 cm³/mol. The van der Waals surface area contributed by atoms with Crippen LogP contribution in [0, 0.1) is 5.82 Å². The maximum Gasteiger partial charge on any atom is 0.234 e. The van der Waals surface area contributed by atoms with E-state index in [4.69, 9.17) is 11.6 Å². The Morgan fingerprint density at radius 1 is 1.45 bits per heavy atom. The van der Waals surface area contributed by atoms with Gasteiger partial charge in [0.15, 0.2) is 0 Å². The minimum absolute atomic E-state index is 0.0244. The molecule has 1 aliphatic rings. The van der Waals surface area contributed by atoms with Crippen molar-refractivity contribution in [1.29, 1.82) is 0 Å². The number of aliphatic hydroxyl groups is 1. The van der Waals surface area contributed by atoms with Crippen LogP contribution in [0.15, 0.2) is 18.2 Å². The quantitative estimate of drug-likeness (QED) is 0.774. The van der Waals surface area contributed by atoms with E-state index in [1.54, 1.807) is 12.1 Å². The topological polar surface area (TPSA) is 61.4 Å². The number of aliphatic hydroxyl groups excluding tert-OH is 1. The lowest BCUT2D eigenvalue weighted by Gasteiger charge is -2.16. The summed E-state index contributed by atoms with van der Waals surface area (Å²) in [6, 6.07) is 4.66. The van der Waals surface area contributed by atoms with Gasteiger partial charge in [-0.15, -0.1) is 0 Å². The number of carbonyl (C=O) groups is 1. The minimum Gasteiger partial charge on any atom is -0.392 e. The third-order valence-corrected chi connectivity index (χ3v) is 3.80. The van der Waals surface area contributed by atoms with Crippen molar-refractivity contribution >= 4 is 17.5 Å². The van der Waals surface area contributed by atoms with Crippen molar-refractivity contribution in [3.8, 4) is 0 Å². The number of rotatable bonds is 5. The van der Waals surface area contributed by atoms with Crippen LogP contribution in [0.1, 0.15) is 24.8 Å². The van der Waals surface area contributed by atoms with Crippen LogP contribution in [0.3, 0.4) is 0 Å². The van der Waals surface area contributed by atoms with Gasteiger partial charge in [0.1, 0.15) is 5.82 Å². The van der Waals surface area contributed by atoms with Crippen molar-refractivity contribution in [3.05, 3.63) is 34.6 Å². The van der Waals surface area contributed by atoms with Crippen molar-refractivity contribution in [2.45, 2.75) is 38.0 Å². The Morgan fingerprint density at radius 2 is 2.25 bits per heavy atom. The number of nitrogens with one attached hydrogen (secondary N) is 2. The second kappa shape index (κ2) is 7.02. The molecule has 1 aromatic carbocycles. The summed E-state index contributed by atoms with van der Waals surface area (Å²) in [5.74, 6) is -0.739. The Kier molecular flexibility index (Phi) is 5.34. The van der Waals surface area contributed by atoms with Gasteiger partial charge < -0.3 is 15.7 Å². The van der Waals surface area contributed by atoms with E-state index in [1.165, 1.54) is 6.07 Å². The summed E-state index contributed by atoms with van der Waals surface area (Å²) in [5, 5.41) is 15.3. The fourth-order valence-electron chi connectivity index (χ4n) is 2.34. The van der Waals surface area contributed by atoms with E-state index >= 15 is 0 Å². The summed E-state index contributed by atoms with van der Waals surface area (Å²) in [4.78, 5) is 11.7. The van der Waals surface area contributed by atoms with Crippen molar-refractivity contribution in [2.24, 2.45) is 0 Å². The van der Waals surface area contributed by atoms with E-state index in [2.05, 4.69) is 10.6 Å². The minimum atomic E-state index is -0.506. The molecule has 2 atom stereocenters. The molecule has 0 saturated heterocycles. The van der Waals surface area contributed by atoms with E-state index in [9.17, 15) is 14.3 Å². The summed E-state index contributed by atoms with van der Waals surface area (Å²) >= 11 is 5.66. The van der Waals surface area contributed by atoms with E-state index in [1.807, 2.05) is 0 Å². The van der Waals surface area contributed by atoms with Gasteiger partial charge in [0.2, 0.25) is 5.91 Å². The van der Waals surface area contributed by atoms with Gasteiger partial charge in [-0.05, 0) is 25.3 Å². The fourth-order valence-corrected chi connectivity index (χ4v) is 2.54. The molecule has 3 N–H and O–H groups in total. The van der Waals surface area contributed by atoms with Crippen LogP contribution in [-0.2, 0) is 11.3 Å². The van der Waals surface area contributed by atoms with Gasteiger partial charge >= 0.3 is 0 Å². The maximum absolute atomic E-state index is 13.6. The molecule has 1 aromatic rings. The number of hydrogen-bond donors (Lipinski definition) is 3. The van der Waals surface area contributed by atoms with Crippen molar-refractivity contribution < 1.29 is 14.3 Å². The highest BCUT2D eigenvalue weighted by molar-refractivity contribution is 6.30. The second-order valence-electron chi connectivity index (χ2n) is 4.98. The third kappa shape index (κ3) is 3.91. The van der Waals surface area contributed by atoms with E-state index in [0.29, 0.717) is 5.56 Å². The molecule has 110 valence electrons. The second-order valence-corrected chi connectivity index (χ2v) is 5.38. The summed E-state index contributed by atoms with van der Waals surface area (Å²) in [7, 11) is 0. The third-order valence-electron chi connectivity index (χ3n) is 3.51. The molecule has 1 aliphatic carbocycles. The van der Waals surface area contributed by atoms with Crippen LogP contribution in [0.2, 0.25) is 5.02 Å². The molecule has 0 heterocycles. The highest BCUT2D eigenvalue weighted by Gasteiger charge is 2.24. The number of amides is 1. The van der Waals surface area contributed by atoms with Gasteiger partial charge in [-0.3, -0.25) is 4.79 Å². The molecule has 0 aromatic heterocycles. The molecule has 1 amide bonds. The molecular formula is C14H18ClFN2O2. The molecule has 0 radical (unpaired) electrons. The van der Waals surface area contributed by atoms with Gasteiger partial charge in [-0.25, -0.2) is 4.39 Å². The fraction of sp³-hybridized carbons (Fsp3) is 0.500. The molecule has 0 spiro atoms. The van der Waals surface area contributed by atoms with Gasteiger partial charge in [0.25, 0.3) is 0 Å². The van der Waals surface area contributed by atoms with Crippen LogP contribution in [0.5, 0.6) is 0 Å². The van der Waals surface area contributed by atoms with Crippen LogP contribution < -0.4 is 10.6 Å². The molecule has 20 heavy (non-hydrogen) atoms. The monoisotopic (exact) mass is 300 g/mol. The lowest BCUT2D eigenvalue weighted by molar-refractivity contribution is -0.120. The van der Waals surface area contributed by atoms with Crippen molar-refractivity contribution in [2.75, 3.05) is 6.54 Å². The maximum atomic E-state index is 13.6. The summed E-state index contributed by atoms with van der Waals surface area (Å²) in [5.41, 5.74) is 0.353. The van der Waals surface area contributed by atoms with Gasteiger partial charge in [0.05, 0.1) is 17.7 Å². The first-order chi connectivity index (χ1) is 9.58. The molecule has 1 saturated carbocycles. The first kappa shape index (κ1) is 15.2. The van der Waals surface area contributed by atoms with Gasteiger partial charge in [0, 0.05) is 18.2 Å². The van der Waals surface area contributed by atoms with Crippen molar-refractivity contribution in [3.63, 3.8) is 0 Å². The standard InChI is InChI=1S/C14H18ClFN2O2/c15-10-4-1-3-9(14(10)16)7-18-13(20)8-17-11-5-2-6-12(11)19/h1,3-4,11-12,17,19H,2,5-8H2,(H,18,20)/t11-,12-/m0/s1. The Hall–Kier alpha value is -1.17. The number of benzene rings is 1. The Balaban J connectivity index is 1.76. The van der Waals surface area contributed by atoms with Crippen LogP contribution in [-0.4, -0.2) is 29.7 Å².